The van der Waals surface area contributed by atoms with Crippen LogP contribution in [0.2, 0.25) is 0 Å². The lowest BCUT2D eigenvalue weighted by molar-refractivity contribution is -0.00518. The molecular weight excluding hydrogens is 773 g/mol. The largest absolute Gasteiger partial charge is 0.309 e. The first-order chi connectivity index (χ1) is 31.7. The van der Waals surface area contributed by atoms with Crippen LogP contribution in [-0.2, 0) is 5.41 Å². The van der Waals surface area contributed by atoms with Crippen molar-refractivity contribution in [1.82, 2.24) is 4.57 Å². The molecule has 0 radical (unpaired) electrons. The zero-order valence-electron chi connectivity index (χ0n) is 36.2. The van der Waals surface area contributed by atoms with Gasteiger partial charge in [0, 0.05) is 33.4 Å². The highest BCUT2D eigenvalue weighted by atomic mass is 15.2. The normalized spacial score (nSPS) is 22.0. The molecule has 0 atom stereocenters. The molecule has 2 heteroatoms. The summed E-state index contributed by atoms with van der Waals surface area (Å²) < 4.78 is 2.39. The second-order valence-electron chi connectivity index (χ2n) is 19.3. The van der Waals surface area contributed by atoms with Gasteiger partial charge in [-0.15, -0.1) is 0 Å². The van der Waals surface area contributed by atoms with Crippen molar-refractivity contribution in [2.24, 2.45) is 17.8 Å². The van der Waals surface area contributed by atoms with E-state index in [0.29, 0.717) is 5.41 Å². The Morgan fingerprint density at radius 3 is 1.78 bits per heavy atom. The highest BCUT2D eigenvalue weighted by Crippen LogP contribution is 2.61. The van der Waals surface area contributed by atoms with E-state index in [4.69, 9.17) is 0 Å². The number of anilines is 2. The average molecular weight is 823 g/mol. The molecule has 7 aromatic carbocycles. The van der Waals surface area contributed by atoms with Gasteiger partial charge < -0.3 is 9.47 Å². The lowest BCUT2D eigenvalue weighted by Crippen LogP contribution is -2.48. The third-order valence-corrected chi connectivity index (χ3v) is 15.5. The number of aromatic nitrogens is 1. The van der Waals surface area contributed by atoms with Crippen molar-refractivity contribution in [3.63, 3.8) is 0 Å². The van der Waals surface area contributed by atoms with E-state index < -0.39 is 0 Å². The van der Waals surface area contributed by atoms with E-state index in [2.05, 4.69) is 203 Å². The summed E-state index contributed by atoms with van der Waals surface area (Å²) in [5.41, 5.74) is 23.2. The number of rotatable bonds is 8. The fourth-order valence-electron chi connectivity index (χ4n) is 13.1. The molecule has 0 saturated heterocycles. The summed E-state index contributed by atoms with van der Waals surface area (Å²) in [5.74, 6) is 2.84. The van der Waals surface area contributed by atoms with Crippen LogP contribution in [-0.4, -0.2) is 4.57 Å². The maximum Gasteiger partial charge on any atom is 0.0631 e. The molecule has 0 amide bonds. The van der Waals surface area contributed by atoms with Gasteiger partial charge in [-0.1, -0.05) is 139 Å². The number of hydrogen-bond acceptors (Lipinski definition) is 1. The van der Waals surface area contributed by atoms with E-state index in [1.165, 1.54) is 93.4 Å². The third-order valence-electron chi connectivity index (χ3n) is 15.5. The van der Waals surface area contributed by atoms with Crippen LogP contribution >= 0.6 is 0 Å². The van der Waals surface area contributed by atoms with E-state index in [1.807, 2.05) is 6.08 Å². The lowest BCUT2D eigenvalue weighted by atomic mass is 9.48. The van der Waals surface area contributed by atoms with Gasteiger partial charge in [-0.05, 0) is 174 Å². The van der Waals surface area contributed by atoms with E-state index in [-0.39, 0.29) is 0 Å². The fourth-order valence-corrected chi connectivity index (χ4v) is 13.1. The highest BCUT2D eigenvalue weighted by Gasteiger charge is 2.51. The Balaban J connectivity index is 0.910. The Labute approximate surface area is 376 Å². The summed E-state index contributed by atoms with van der Waals surface area (Å²) in [6, 6.07) is 59.0. The van der Waals surface area contributed by atoms with Crippen LogP contribution in [0.4, 0.5) is 11.4 Å². The number of hydrogen-bond donors (Lipinski definition) is 0. The average Bonchev–Trinajstić information content (AvgIpc) is 3.69. The van der Waals surface area contributed by atoms with Crippen LogP contribution < -0.4 is 4.90 Å². The Morgan fingerprint density at radius 2 is 1.16 bits per heavy atom. The number of fused-ring (bicyclic) bond motifs is 4. The van der Waals surface area contributed by atoms with E-state index in [9.17, 15) is 0 Å². The maximum atomic E-state index is 3.65. The molecule has 4 saturated carbocycles. The smallest absolute Gasteiger partial charge is 0.0631 e. The van der Waals surface area contributed by atoms with Gasteiger partial charge in [-0.3, -0.25) is 0 Å². The van der Waals surface area contributed by atoms with Gasteiger partial charge in [-0.25, -0.2) is 0 Å². The molecule has 14 rings (SSSR count). The van der Waals surface area contributed by atoms with Gasteiger partial charge in [0.15, 0.2) is 0 Å². The second kappa shape index (κ2) is 15.0. The maximum absolute atomic E-state index is 3.65. The van der Waals surface area contributed by atoms with Crippen LogP contribution in [0.5, 0.6) is 0 Å². The molecule has 4 bridgehead atoms. The van der Waals surface area contributed by atoms with Crippen molar-refractivity contribution < 1.29 is 0 Å². The molecule has 2 nitrogen and oxygen atoms in total. The molecule has 0 spiro atoms. The van der Waals surface area contributed by atoms with E-state index >= 15 is 0 Å². The third kappa shape index (κ3) is 6.17. The summed E-state index contributed by atoms with van der Waals surface area (Å²) in [6.07, 6.45) is 21.7. The van der Waals surface area contributed by atoms with Gasteiger partial charge in [0.1, 0.15) is 0 Å². The SMILES string of the molecule is C1=C=C(c2cccc3cccc(C4=CC=CCC4)c23)C(N(c2ccc(-c3ccc(C45CC6CC(CC(C6)C4)C5)cc3)cc2)c2ccc(-n3c4ccccc4c4ccccc43)cc2)=CC=1. The first kappa shape index (κ1) is 37.5. The Kier molecular flexibility index (Phi) is 8.80. The minimum atomic E-state index is 0.409. The van der Waals surface area contributed by atoms with Gasteiger partial charge in [-0.2, -0.15) is 0 Å². The first-order valence-electron chi connectivity index (χ1n) is 23.6. The summed E-state index contributed by atoms with van der Waals surface area (Å²) in [5, 5.41) is 5.02. The molecule has 0 aliphatic heterocycles. The molecule has 6 aliphatic carbocycles. The van der Waals surface area contributed by atoms with Crippen molar-refractivity contribution in [3.8, 4) is 16.8 Å². The molecule has 0 unspecified atom stereocenters. The molecule has 8 aromatic rings. The Morgan fingerprint density at radius 1 is 0.562 bits per heavy atom. The topological polar surface area (TPSA) is 8.17 Å². The van der Waals surface area contributed by atoms with Crippen LogP contribution in [0.1, 0.15) is 68.1 Å². The molecule has 0 N–H and O–H groups in total. The minimum absolute atomic E-state index is 0.409. The van der Waals surface area contributed by atoms with Crippen molar-refractivity contribution in [2.45, 2.75) is 56.8 Å². The number of benzene rings is 7. The second-order valence-corrected chi connectivity index (χ2v) is 19.3. The number of nitrogens with zero attached hydrogens (tertiary/aromatic N) is 2. The summed E-state index contributed by atoms with van der Waals surface area (Å²) in [6.45, 7) is 0. The zero-order valence-corrected chi connectivity index (χ0v) is 36.2. The summed E-state index contributed by atoms with van der Waals surface area (Å²) in [4.78, 5) is 2.42. The van der Waals surface area contributed by atoms with Crippen LogP contribution in [0.15, 0.2) is 205 Å². The first-order valence-corrected chi connectivity index (χ1v) is 23.6. The molecule has 4 fully saturated rings. The summed E-state index contributed by atoms with van der Waals surface area (Å²) in [7, 11) is 0. The molecular formula is C62H50N2. The molecule has 1 heterocycles. The van der Waals surface area contributed by atoms with Crippen LogP contribution in [0.3, 0.4) is 0 Å². The number of para-hydroxylation sites is 2. The van der Waals surface area contributed by atoms with E-state index in [1.54, 1.807) is 5.56 Å². The minimum Gasteiger partial charge on any atom is -0.309 e. The Hall–Kier alpha value is -7.08. The monoisotopic (exact) mass is 822 g/mol. The number of allylic oxidation sites excluding steroid dienone is 7. The molecule has 6 aliphatic rings. The van der Waals surface area contributed by atoms with Gasteiger partial charge >= 0.3 is 0 Å². The predicted molar refractivity (Wildman–Crippen MR) is 268 cm³/mol. The zero-order chi connectivity index (χ0) is 42.2. The highest BCUT2D eigenvalue weighted by molar-refractivity contribution is 6.09. The van der Waals surface area contributed by atoms with Crippen molar-refractivity contribution in [3.05, 3.63) is 222 Å². The van der Waals surface area contributed by atoms with Crippen molar-refractivity contribution in [2.75, 3.05) is 4.90 Å². The van der Waals surface area contributed by atoms with Crippen LogP contribution in [0.25, 0.3) is 60.5 Å². The predicted octanol–water partition coefficient (Wildman–Crippen LogP) is 16.2. The fraction of sp³-hybridized carbons (Fsp3) is 0.194. The lowest BCUT2D eigenvalue weighted by Gasteiger charge is -2.57. The van der Waals surface area contributed by atoms with E-state index in [0.717, 1.165) is 64.5 Å². The van der Waals surface area contributed by atoms with Crippen LogP contribution in [0, 0.1) is 17.8 Å². The van der Waals surface area contributed by atoms with Gasteiger partial charge in [0.25, 0.3) is 0 Å². The molecule has 308 valence electrons. The quantitative estimate of drug-likeness (QED) is 0.139. The standard InChI is InChI=1S/C62H50N2/c1-2-12-47(13-3-1)53-19-10-14-48-15-11-20-57(61(48)53)56-18-6-7-21-58(56)63(51-32-34-52(35-33-51)64-59-22-8-4-16-54(59)55-17-5-9-23-60(55)64)50-30-26-46(27-31-50)45-24-28-49(29-25-45)62-39-42-36-43(40-62)38-44(37-42)41-62/h1-2,4-5,7-12,14-17,19-35,42-44H,3,13,36-41H2. The van der Waals surface area contributed by atoms with Crippen molar-refractivity contribution >= 4 is 55.1 Å². The van der Waals surface area contributed by atoms with Gasteiger partial charge in [0.05, 0.1) is 22.3 Å². The Bertz CT molecular complexity index is 3260. The molecule has 1 aromatic heterocycles. The summed E-state index contributed by atoms with van der Waals surface area (Å²) >= 11 is 0. The van der Waals surface area contributed by atoms with Gasteiger partial charge in [0.2, 0.25) is 0 Å². The molecule has 64 heavy (non-hydrogen) atoms. The van der Waals surface area contributed by atoms with Crippen molar-refractivity contribution in [1.29, 1.82) is 0 Å².